The molecule has 0 radical (unpaired) electrons. The zero-order valence-electron chi connectivity index (χ0n) is 19.1. The Hall–Kier alpha value is -3.63. The van der Waals surface area contributed by atoms with Crippen molar-refractivity contribution in [1.29, 1.82) is 5.26 Å². The monoisotopic (exact) mass is 464 g/mol. The number of halogens is 1. The molecule has 0 amide bonds. The van der Waals surface area contributed by atoms with Crippen molar-refractivity contribution >= 4 is 22.3 Å². The van der Waals surface area contributed by atoms with Crippen molar-refractivity contribution in [2.75, 3.05) is 14.2 Å². The molecule has 1 heterocycles. The smallest absolute Gasteiger partial charge is 0.216 e. The van der Waals surface area contributed by atoms with Gasteiger partial charge in [-0.15, -0.1) is 10.2 Å². The van der Waals surface area contributed by atoms with Crippen LogP contribution in [0.4, 0.5) is 0 Å². The highest BCUT2D eigenvalue weighted by atomic mass is 35.5. The molecule has 33 heavy (non-hydrogen) atoms. The molecule has 0 N–H and O–H groups in total. The Bertz CT molecular complexity index is 1220. The average molecular weight is 465 g/mol. The standard InChI is InChI=1S/C25H25ClN4O3/c1-16-12-20(14-22(24(16)31-3)25(26)30-32-4)21(19-9-7-8-18(13-19)15-27)10-5-6-11-23-29-28-17(2)33-23/h7-10,12-14H,5-6,11H2,1-4H3/b21-10-,30-25-. The van der Waals surface area contributed by atoms with Crippen LogP contribution in [0, 0.1) is 25.2 Å². The Balaban J connectivity index is 2.03. The van der Waals surface area contributed by atoms with Crippen LogP contribution in [0.2, 0.25) is 0 Å². The van der Waals surface area contributed by atoms with Gasteiger partial charge < -0.3 is 14.0 Å². The fraction of sp³-hybridized carbons (Fsp3) is 0.280. The summed E-state index contributed by atoms with van der Waals surface area (Å²) in [5.74, 6) is 1.81. The first-order chi connectivity index (χ1) is 16.0. The normalized spacial score (nSPS) is 11.9. The molecule has 8 heteroatoms. The second-order valence-corrected chi connectivity index (χ2v) is 7.71. The highest BCUT2D eigenvalue weighted by Crippen LogP contribution is 2.33. The van der Waals surface area contributed by atoms with Gasteiger partial charge in [0, 0.05) is 13.3 Å². The molecule has 0 saturated carbocycles. The van der Waals surface area contributed by atoms with Crippen LogP contribution in [0.15, 0.2) is 52.0 Å². The second kappa shape index (κ2) is 11.3. The van der Waals surface area contributed by atoms with Crippen LogP contribution in [0.3, 0.4) is 0 Å². The molecule has 0 bridgehead atoms. The van der Waals surface area contributed by atoms with Crippen molar-refractivity contribution in [1.82, 2.24) is 10.2 Å². The van der Waals surface area contributed by atoms with Gasteiger partial charge >= 0.3 is 0 Å². The quantitative estimate of drug-likeness (QED) is 0.233. The third kappa shape index (κ3) is 5.99. The van der Waals surface area contributed by atoms with Crippen molar-refractivity contribution in [3.05, 3.63) is 82.1 Å². The number of rotatable bonds is 9. The summed E-state index contributed by atoms with van der Waals surface area (Å²) in [6.07, 6.45) is 4.43. The average Bonchev–Trinajstić information content (AvgIpc) is 3.23. The number of aromatic nitrogens is 2. The Labute approximate surface area is 198 Å². The van der Waals surface area contributed by atoms with Crippen LogP contribution in [-0.4, -0.2) is 29.6 Å². The van der Waals surface area contributed by atoms with Gasteiger partial charge in [0.15, 0.2) is 5.17 Å². The third-order valence-corrected chi connectivity index (χ3v) is 5.27. The zero-order valence-corrected chi connectivity index (χ0v) is 19.8. The lowest BCUT2D eigenvalue weighted by Gasteiger charge is -2.16. The summed E-state index contributed by atoms with van der Waals surface area (Å²) >= 11 is 6.39. The fourth-order valence-corrected chi connectivity index (χ4v) is 3.79. The van der Waals surface area contributed by atoms with E-state index < -0.39 is 0 Å². The Kier molecular flexibility index (Phi) is 8.22. The Morgan fingerprint density at radius 1 is 1.18 bits per heavy atom. The van der Waals surface area contributed by atoms with Gasteiger partial charge in [-0.25, -0.2) is 0 Å². The molecule has 2 aromatic carbocycles. The number of nitrogens with zero attached hydrogens (tertiary/aromatic N) is 4. The number of oxime groups is 1. The molecule has 170 valence electrons. The van der Waals surface area contributed by atoms with Gasteiger partial charge in [-0.05, 0) is 66.3 Å². The van der Waals surface area contributed by atoms with Crippen LogP contribution in [0.1, 0.15) is 52.4 Å². The molecule has 0 aliphatic heterocycles. The number of unbranched alkanes of at least 4 members (excludes halogenated alkanes) is 1. The Morgan fingerprint density at radius 2 is 2.00 bits per heavy atom. The summed E-state index contributed by atoms with van der Waals surface area (Å²) in [6, 6.07) is 13.7. The summed E-state index contributed by atoms with van der Waals surface area (Å²) in [6.45, 7) is 3.72. The molecule has 0 fully saturated rings. The predicted octanol–water partition coefficient (Wildman–Crippen LogP) is 5.57. The van der Waals surface area contributed by atoms with Crippen molar-refractivity contribution < 1.29 is 14.0 Å². The van der Waals surface area contributed by atoms with E-state index in [9.17, 15) is 5.26 Å². The number of benzene rings is 2. The number of methoxy groups -OCH3 is 1. The fourth-order valence-electron chi connectivity index (χ4n) is 3.58. The molecular weight excluding hydrogens is 440 g/mol. The Morgan fingerprint density at radius 3 is 2.67 bits per heavy atom. The van der Waals surface area contributed by atoms with Crippen molar-refractivity contribution in [2.24, 2.45) is 5.16 Å². The molecular formula is C25H25ClN4O3. The van der Waals surface area contributed by atoms with Crippen molar-refractivity contribution in [3.63, 3.8) is 0 Å². The van der Waals surface area contributed by atoms with Crippen LogP contribution in [0.5, 0.6) is 5.75 Å². The predicted molar refractivity (Wildman–Crippen MR) is 127 cm³/mol. The van der Waals surface area contributed by atoms with E-state index in [1.54, 1.807) is 20.1 Å². The summed E-state index contributed by atoms with van der Waals surface area (Å²) in [5, 5.41) is 21.4. The lowest BCUT2D eigenvalue weighted by atomic mass is 9.92. The van der Waals surface area contributed by atoms with E-state index in [4.69, 9.17) is 25.6 Å². The van der Waals surface area contributed by atoms with Gasteiger partial charge in [-0.1, -0.05) is 35.0 Å². The van der Waals surface area contributed by atoms with Crippen LogP contribution in [0.25, 0.3) is 5.57 Å². The van der Waals surface area contributed by atoms with E-state index in [-0.39, 0.29) is 5.17 Å². The largest absolute Gasteiger partial charge is 0.496 e. The van der Waals surface area contributed by atoms with E-state index in [2.05, 4.69) is 27.5 Å². The molecule has 0 unspecified atom stereocenters. The first kappa shape index (κ1) is 24.0. The maximum Gasteiger partial charge on any atom is 0.216 e. The van der Waals surface area contributed by atoms with Gasteiger partial charge in [-0.3, -0.25) is 0 Å². The number of nitriles is 1. The molecule has 7 nitrogen and oxygen atoms in total. The maximum absolute atomic E-state index is 9.39. The summed E-state index contributed by atoms with van der Waals surface area (Å²) in [5.41, 5.74) is 4.94. The first-order valence-corrected chi connectivity index (χ1v) is 10.8. The van der Waals surface area contributed by atoms with Gasteiger partial charge in [0.1, 0.15) is 12.9 Å². The van der Waals surface area contributed by atoms with Gasteiger partial charge in [0.25, 0.3) is 0 Å². The minimum atomic E-state index is 0.191. The molecule has 3 aromatic rings. The maximum atomic E-state index is 9.39. The number of aryl methyl sites for hydroxylation is 3. The SMILES string of the molecule is CO/N=C(\Cl)c1cc(/C(=C\CCCc2nnc(C)o2)c2cccc(C#N)c2)cc(C)c1OC. The zero-order chi connectivity index (χ0) is 23.8. The summed E-state index contributed by atoms with van der Waals surface area (Å²) in [4.78, 5) is 4.87. The minimum absolute atomic E-state index is 0.191. The van der Waals surface area contributed by atoms with E-state index in [0.29, 0.717) is 35.1 Å². The van der Waals surface area contributed by atoms with Gasteiger partial charge in [0.2, 0.25) is 11.8 Å². The molecule has 0 atom stereocenters. The lowest BCUT2D eigenvalue weighted by Crippen LogP contribution is -2.02. The van der Waals surface area contributed by atoms with Crippen LogP contribution >= 0.6 is 11.6 Å². The molecule has 0 aliphatic rings. The summed E-state index contributed by atoms with van der Waals surface area (Å²) in [7, 11) is 3.03. The number of ether oxygens (including phenoxy) is 1. The minimum Gasteiger partial charge on any atom is -0.496 e. The molecule has 0 spiro atoms. The molecule has 0 aliphatic carbocycles. The van der Waals surface area contributed by atoms with E-state index >= 15 is 0 Å². The van der Waals surface area contributed by atoms with Crippen LogP contribution < -0.4 is 4.74 Å². The van der Waals surface area contributed by atoms with Crippen molar-refractivity contribution in [3.8, 4) is 11.8 Å². The second-order valence-electron chi connectivity index (χ2n) is 7.36. The molecule has 0 saturated heterocycles. The van der Waals surface area contributed by atoms with E-state index in [0.717, 1.165) is 35.1 Å². The molecule has 1 aromatic heterocycles. The number of allylic oxidation sites excluding steroid dienone is 1. The third-order valence-electron chi connectivity index (χ3n) is 5.00. The number of hydrogen-bond acceptors (Lipinski definition) is 7. The molecule has 3 rings (SSSR count). The highest BCUT2D eigenvalue weighted by Gasteiger charge is 2.16. The van der Waals surface area contributed by atoms with Crippen molar-refractivity contribution in [2.45, 2.75) is 33.1 Å². The van der Waals surface area contributed by atoms with Gasteiger partial charge in [-0.2, -0.15) is 5.26 Å². The van der Waals surface area contributed by atoms with Crippen LogP contribution in [-0.2, 0) is 11.3 Å². The highest BCUT2D eigenvalue weighted by molar-refractivity contribution is 6.69. The number of hydrogen-bond donors (Lipinski definition) is 0. The first-order valence-electron chi connectivity index (χ1n) is 10.4. The van der Waals surface area contributed by atoms with E-state index in [1.165, 1.54) is 7.11 Å². The summed E-state index contributed by atoms with van der Waals surface area (Å²) < 4.78 is 11.0. The lowest BCUT2D eigenvalue weighted by molar-refractivity contribution is 0.214. The topological polar surface area (TPSA) is 93.5 Å². The van der Waals surface area contributed by atoms with E-state index in [1.807, 2.05) is 37.3 Å². The van der Waals surface area contributed by atoms with Gasteiger partial charge in [0.05, 0.1) is 24.3 Å².